The second-order valence-corrected chi connectivity index (χ2v) is 1.24. The van der Waals surface area contributed by atoms with Crippen molar-refractivity contribution in [1.82, 2.24) is 0 Å². The van der Waals surface area contributed by atoms with Crippen LogP contribution in [0.5, 0.6) is 0 Å². The highest BCUT2D eigenvalue weighted by Crippen LogP contribution is 1.75. The predicted molar refractivity (Wildman–Crippen MR) is 29.7 cm³/mol. The minimum absolute atomic E-state index is 0.627. The van der Waals surface area contributed by atoms with Crippen LogP contribution in [0.3, 0.4) is 0 Å². The van der Waals surface area contributed by atoms with Gasteiger partial charge in [0.25, 0.3) is 0 Å². The molecule has 2 heteroatoms. The van der Waals surface area contributed by atoms with Crippen LogP contribution in [0.15, 0.2) is 17.3 Å². The van der Waals surface area contributed by atoms with Crippen LogP contribution in [0.25, 0.3) is 0 Å². The molecular weight excluding hydrogens is 90.1 g/mol. The Morgan fingerprint density at radius 3 is 2.43 bits per heavy atom. The maximum absolute atomic E-state index is 8.00. The van der Waals surface area contributed by atoms with E-state index in [2.05, 4.69) is 5.16 Å². The molecule has 0 aromatic carbocycles. The molecule has 40 valence electrons. The molecule has 0 rings (SSSR count). The highest BCUT2D eigenvalue weighted by molar-refractivity contribution is 5.92. The topological polar surface area (TPSA) is 32.6 Å². The third-order valence-corrected chi connectivity index (χ3v) is 0.566. The number of allylic oxidation sites excluding steroid dienone is 2. The van der Waals surface area contributed by atoms with Gasteiger partial charge in [0.2, 0.25) is 0 Å². The summed E-state index contributed by atoms with van der Waals surface area (Å²) in [4.78, 5) is 0. The van der Waals surface area contributed by atoms with Crippen molar-refractivity contribution < 1.29 is 5.21 Å². The highest BCUT2D eigenvalue weighted by atomic mass is 16.4. The Hall–Kier alpha value is -0.790. The van der Waals surface area contributed by atoms with E-state index in [1.165, 1.54) is 0 Å². The first-order chi connectivity index (χ1) is 3.31. The van der Waals surface area contributed by atoms with Crippen molar-refractivity contribution in [3.05, 3.63) is 12.2 Å². The third-order valence-electron chi connectivity index (χ3n) is 0.566. The van der Waals surface area contributed by atoms with E-state index < -0.39 is 0 Å². The Morgan fingerprint density at radius 1 is 1.71 bits per heavy atom. The second-order valence-electron chi connectivity index (χ2n) is 1.24. The first-order valence-electron chi connectivity index (χ1n) is 2.12. The van der Waals surface area contributed by atoms with Crippen LogP contribution >= 0.6 is 0 Å². The maximum atomic E-state index is 8.00. The summed E-state index contributed by atoms with van der Waals surface area (Å²) in [5.74, 6) is 0. The van der Waals surface area contributed by atoms with Crippen molar-refractivity contribution in [3.63, 3.8) is 0 Å². The van der Waals surface area contributed by atoms with Gasteiger partial charge in [-0.05, 0) is 19.9 Å². The van der Waals surface area contributed by atoms with Gasteiger partial charge in [-0.1, -0.05) is 11.2 Å². The van der Waals surface area contributed by atoms with Gasteiger partial charge in [-0.25, -0.2) is 0 Å². The van der Waals surface area contributed by atoms with Gasteiger partial charge >= 0.3 is 0 Å². The fraction of sp³-hybridized carbons (Fsp3) is 0.400. The summed E-state index contributed by atoms with van der Waals surface area (Å²) in [5.41, 5.74) is 0.627. The zero-order chi connectivity index (χ0) is 5.70. The summed E-state index contributed by atoms with van der Waals surface area (Å²) in [5, 5.41) is 10.9. The normalized spacial score (nSPS) is 13.1. The van der Waals surface area contributed by atoms with E-state index in [0.29, 0.717) is 5.71 Å². The van der Waals surface area contributed by atoms with E-state index in [-0.39, 0.29) is 0 Å². The Bertz CT molecular complexity index is 94.3. The van der Waals surface area contributed by atoms with Gasteiger partial charge in [0.1, 0.15) is 0 Å². The summed E-state index contributed by atoms with van der Waals surface area (Å²) in [6, 6.07) is 0. The van der Waals surface area contributed by atoms with Gasteiger partial charge in [0.15, 0.2) is 0 Å². The van der Waals surface area contributed by atoms with E-state index in [0.717, 1.165) is 0 Å². The molecule has 0 atom stereocenters. The molecule has 0 amide bonds. The molecule has 0 unspecified atom stereocenters. The van der Waals surface area contributed by atoms with E-state index in [9.17, 15) is 0 Å². The van der Waals surface area contributed by atoms with Crippen molar-refractivity contribution >= 4 is 5.71 Å². The van der Waals surface area contributed by atoms with Crippen molar-refractivity contribution in [2.45, 2.75) is 13.8 Å². The summed E-state index contributed by atoms with van der Waals surface area (Å²) in [6.07, 6.45) is 3.54. The molecule has 0 aliphatic carbocycles. The molecule has 0 radical (unpaired) electrons. The average Bonchev–Trinajstić information content (AvgIpc) is 1.68. The van der Waals surface area contributed by atoms with Crippen LogP contribution in [0.2, 0.25) is 0 Å². The quantitative estimate of drug-likeness (QED) is 0.301. The fourth-order valence-corrected chi connectivity index (χ4v) is 0.275. The van der Waals surface area contributed by atoms with Gasteiger partial charge in [-0.2, -0.15) is 0 Å². The van der Waals surface area contributed by atoms with Crippen LogP contribution in [-0.2, 0) is 0 Å². The third kappa shape index (κ3) is 3.03. The first-order valence-corrected chi connectivity index (χ1v) is 2.12. The lowest BCUT2D eigenvalue weighted by molar-refractivity contribution is 0.319. The molecule has 7 heavy (non-hydrogen) atoms. The van der Waals surface area contributed by atoms with Crippen molar-refractivity contribution in [2.24, 2.45) is 5.16 Å². The molecule has 0 fully saturated rings. The number of nitrogens with zero attached hydrogens (tertiary/aromatic N) is 1. The molecule has 0 aromatic heterocycles. The van der Waals surface area contributed by atoms with E-state index in [1.54, 1.807) is 13.0 Å². The smallest absolute Gasteiger partial charge is 0.0761 e. The van der Waals surface area contributed by atoms with Crippen molar-refractivity contribution in [3.8, 4) is 0 Å². The molecule has 0 aromatic rings. The van der Waals surface area contributed by atoms with Gasteiger partial charge in [0, 0.05) is 0 Å². The largest absolute Gasteiger partial charge is 0.411 e. The molecule has 0 bridgehead atoms. The van der Waals surface area contributed by atoms with Crippen LogP contribution in [0.4, 0.5) is 0 Å². The van der Waals surface area contributed by atoms with E-state index in [4.69, 9.17) is 5.21 Å². The van der Waals surface area contributed by atoms with Crippen molar-refractivity contribution in [2.75, 3.05) is 0 Å². The van der Waals surface area contributed by atoms with Crippen LogP contribution in [-0.4, -0.2) is 10.9 Å². The minimum atomic E-state index is 0.627. The van der Waals surface area contributed by atoms with Crippen LogP contribution in [0.1, 0.15) is 13.8 Å². The predicted octanol–water partition coefficient (Wildman–Crippen LogP) is 1.41. The molecular formula is C5H9NO. The van der Waals surface area contributed by atoms with Gasteiger partial charge in [0.05, 0.1) is 5.71 Å². The van der Waals surface area contributed by atoms with Gasteiger partial charge in [-0.3, -0.25) is 0 Å². The highest BCUT2D eigenvalue weighted by Gasteiger charge is 1.74. The standard InChI is InChI=1S/C5H9NO/c1-3-4-5(2)6-7/h3-4,7H,1-2H3. The molecule has 1 N–H and O–H groups in total. The zero-order valence-electron chi connectivity index (χ0n) is 4.55. The molecule has 0 spiro atoms. The Kier molecular flexibility index (Phi) is 3.02. The number of rotatable bonds is 1. The minimum Gasteiger partial charge on any atom is -0.411 e. The molecule has 0 saturated carbocycles. The molecule has 2 nitrogen and oxygen atoms in total. The SMILES string of the molecule is CC=CC(C)=NO. The monoisotopic (exact) mass is 99.1 g/mol. The van der Waals surface area contributed by atoms with Gasteiger partial charge < -0.3 is 5.21 Å². The number of hydrogen-bond donors (Lipinski definition) is 1. The summed E-state index contributed by atoms with van der Waals surface area (Å²) < 4.78 is 0. The Balaban J connectivity index is 3.58. The van der Waals surface area contributed by atoms with E-state index in [1.807, 2.05) is 13.0 Å². The molecule has 0 aliphatic rings. The Labute approximate surface area is 43.2 Å². The lowest BCUT2D eigenvalue weighted by Gasteiger charge is -1.78. The van der Waals surface area contributed by atoms with Crippen LogP contribution < -0.4 is 0 Å². The number of hydrogen-bond acceptors (Lipinski definition) is 2. The lowest BCUT2D eigenvalue weighted by atomic mass is 10.4. The first kappa shape index (κ1) is 6.21. The van der Waals surface area contributed by atoms with Gasteiger partial charge in [-0.15, -0.1) is 0 Å². The van der Waals surface area contributed by atoms with E-state index >= 15 is 0 Å². The molecule has 0 aliphatic heterocycles. The van der Waals surface area contributed by atoms with Crippen molar-refractivity contribution in [1.29, 1.82) is 0 Å². The molecule has 0 saturated heterocycles. The summed E-state index contributed by atoms with van der Waals surface area (Å²) >= 11 is 0. The fourth-order valence-electron chi connectivity index (χ4n) is 0.275. The molecule has 0 heterocycles. The average molecular weight is 99.1 g/mol. The Morgan fingerprint density at radius 2 is 2.29 bits per heavy atom. The summed E-state index contributed by atoms with van der Waals surface area (Å²) in [6.45, 7) is 3.59. The summed E-state index contributed by atoms with van der Waals surface area (Å²) in [7, 11) is 0. The second kappa shape index (κ2) is 3.40. The zero-order valence-corrected chi connectivity index (χ0v) is 4.55. The lowest BCUT2D eigenvalue weighted by Crippen LogP contribution is -1.80. The van der Waals surface area contributed by atoms with Crippen LogP contribution in [0, 0.1) is 0 Å². The number of oxime groups is 1. The maximum Gasteiger partial charge on any atom is 0.0761 e.